The Balaban J connectivity index is 2.05. The molecule has 1 fully saturated rings. The Kier molecular flexibility index (Phi) is 0.908. The number of hydrogen-bond donors (Lipinski definition) is 1. The molecular formula is C7H11N. The molecule has 1 aliphatic heterocycles. The van der Waals surface area contributed by atoms with Crippen LogP contribution < -0.4 is 5.32 Å². The van der Waals surface area contributed by atoms with Crippen LogP contribution in [0.1, 0.15) is 12.8 Å². The van der Waals surface area contributed by atoms with E-state index in [1.165, 1.54) is 19.4 Å². The lowest BCUT2D eigenvalue weighted by Gasteiger charge is -2.39. The average molecular weight is 109 g/mol. The van der Waals surface area contributed by atoms with Gasteiger partial charge >= 0.3 is 0 Å². The van der Waals surface area contributed by atoms with E-state index in [4.69, 9.17) is 0 Å². The molecule has 1 saturated heterocycles. The minimum atomic E-state index is 0.847. The van der Waals surface area contributed by atoms with Gasteiger partial charge in [-0.1, -0.05) is 12.2 Å². The van der Waals surface area contributed by atoms with Crippen molar-refractivity contribution in [1.82, 2.24) is 5.32 Å². The van der Waals surface area contributed by atoms with Crippen LogP contribution in [0.2, 0.25) is 0 Å². The largest absolute Gasteiger partial charge is 0.313 e. The van der Waals surface area contributed by atoms with Crippen molar-refractivity contribution in [2.24, 2.45) is 5.92 Å². The molecule has 0 unspecified atom stereocenters. The molecule has 1 N–H and O–H groups in total. The molecule has 0 radical (unpaired) electrons. The van der Waals surface area contributed by atoms with Crippen molar-refractivity contribution in [2.75, 3.05) is 6.54 Å². The predicted molar refractivity (Wildman–Crippen MR) is 33.7 cm³/mol. The minimum Gasteiger partial charge on any atom is -0.313 e. The SMILES string of the molecule is C1=CC[C@@H]2NC[C@@H]2C1. The van der Waals surface area contributed by atoms with Gasteiger partial charge in [-0.05, 0) is 18.8 Å². The molecule has 2 rings (SSSR count). The fourth-order valence-electron chi connectivity index (χ4n) is 1.49. The fourth-order valence-corrected chi connectivity index (χ4v) is 1.49. The first-order valence-electron chi connectivity index (χ1n) is 3.35. The van der Waals surface area contributed by atoms with Gasteiger partial charge in [-0.3, -0.25) is 0 Å². The summed E-state index contributed by atoms with van der Waals surface area (Å²) in [6, 6.07) is 0.847. The van der Waals surface area contributed by atoms with E-state index >= 15 is 0 Å². The zero-order valence-corrected chi connectivity index (χ0v) is 4.93. The van der Waals surface area contributed by atoms with Crippen molar-refractivity contribution in [3.63, 3.8) is 0 Å². The van der Waals surface area contributed by atoms with Gasteiger partial charge in [0.25, 0.3) is 0 Å². The zero-order valence-electron chi connectivity index (χ0n) is 4.93. The Morgan fingerprint density at radius 1 is 1.25 bits per heavy atom. The van der Waals surface area contributed by atoms with Gasteiger partial charge in [-0.2, -0.15) is 0 Å². The highest BCUT2D eigenvalue weighted by atomic mass is 15.0. The van der Waals surface area contributed by atoms with E-state index in [1.807, 2.05) is 0 Å². The molecule has 1 heteroatoms. The van der Waals surface area contributed by atoms with Gasteiger partial charge in [0.1, 0.15) is 0 Å². The van der Waals surface area contributed by atoms with Crippen LogP contribution >= 0.6 is 0 Å². The van der Waals surface area contributed by atoms with E-state index in [0.29, 0.717) is 0 Å². The summed E-state index contributed by atoms with van der Waals surface area (Å²) in [5.41, 5.74) is 0. The predicted octanol–water partition coefficient (Wildman–Crippen LogP) is 0.924. The zero-order chi connectivity index (χ0) is 5.40. The van der Waals surface area contributed by atoms with Crippen LogP contribution in [0.25, 0.3) is 0 Å². The summed E-state index contributed by atoms with van der Waals surface area (Å²) in [5, 5.41) is 3.40. The lowest BCUT2D eigenvalue weighted by atomic mass is 9.83. The molecule has 2 atom stereocenters. The number of rotatable bonds is 0. The molecule has 2 aliphatic rings. The summed E-state index contributed by atoms with van der Waals surface area (Å²) in [7, 11) is 0. The third kappa shape index (κ3) is 0.511. The van der Waals surface area contributed by atoms with Crippen LogP contribution in [0.3, 0.4) is 0 Å². The highest BCUT2D eigenvalue weighted by molar-refractivity contribution is 5.03. The molecule has 0 spiro atoms. The van der Waals surface area contributed by atoms with Crippen LogP contribution in [0.15, 0.2) is 12.2 Å². The highest BCUT2D eigenvalue weighted by Crippen LogP contribution is 2.24. The van der Waals surface area contributed by atoms with Crippen molar-refractivity contribution in [1.29, 1.82) is 0 Å². The lowest BCUT2D eigenvalue weighted by Crippen LogP contribution is -2.53. The first-order valence-corrected chi connectivity index (χ1v) is 3.35. The maximum atomic E-state index is 3.40. The molecule has 0 bridgehead atoms. The van der Waals surface area contributed by atoms with Crippen molar-refractivity contribution in [3.8, 4) is 0 Å². The monoisotopic (exact) mass is 109 g/mol. The summed E-state index contributed by atoms with van der Waals surface area (Å²) in [5.74, 6) is 0.986. The number of allylic oxidation sites excluding steroid dienone is 1. The number of fused-ring (bicyclic) bond motifs is 1. The van der Waals surface area contributed by atoms with E-state index in [1.54, 1.807) is 0 Å². The van der Waals surface area contributed by atoms with E-state index < -0.39 is 0 Å². The maximum Gasteiger partial charge on any atom is 0.0145 e. The van der Waals surface area contributed by atoms with Crippen LogP contribution in [0.4, 0.5) is 0 Å². The minimum absolute atomic E-state index is 0.847. The average Bonchev–Trinajstić information content (AvgIpc) is 1.72. The fraction of sp³-hybridized carbons (Fsp3) is 0.714. The molecule has 0 aromatic heterocycles. The Bertz CT molecular complexity index is 104. The second-order valence-corrected chi connectivity index (χ2v) is 2.72. The Morgan fingerprint density at radius 2 is 2.12 bits per heavy atom. The van der Waals surface area contributed by atoms with Crippen LogP contribution in [-0.2, 0) is 0 Å². The van der Waals surface area contributed by atoms with Gasteiger partial charge in [-0.25, -0.2) is 0 Å². The van der Waals surface area contributed by atoms with E-state index in [9.17, 15) is 0 Å². The van der Waals surface area contributed by atoms with E-state index in [2.05, 4.69) is 17.5 Å². The van der Waals surface area contributed by atoms with Crippen LogP contribution in [0.5, 0.6) is 0 Å². The summed E-state index contributed by atoms with van der Waals surface area (Å²) in [6.45, 7) is 1.26. The second-order valence-electron chi connectivity index (χ2n) is 2.72. The first kappa shape index (κ1) is 4.57. The summed E-state index contributed by atoms with van der Waals surface area (Å²) < 4.78 is 0. The molecule has 1 heterocycles. The lowest BCUT2D eigenvalue weighted by molar-refractivity contribution is 0.227. The summed E-state index contributed by atoms with van der Waals surface area (Å²) in [6.07, 6.45) is 7.18. The van der Waals surface area contributed by atoms with Crippen LogP contribution in [-0.4, -0.2) is 12.6 Å². The van der Waals surface area contributed by atoms with Crippen molar-refractivity contribution in [2.45, 2.75) is 18.9 Å². The van der Waals surface area contributed by atoms with Gasteiger partial charge in [0.15, 0.2) is 0 Å². The van der Waals surface area contributed by atoms with E-state index in [0.717, 1.165) is 12.0 Å². The quantitative estimate of drug-likeness (QED) is 0.456. The van der Waals surface area contributed by atoms with Crippen molar-refractivity contribution >= 4 is 0 Å². The van der Waals surface area contributed by atoms with Gasteiger partial charge in [0.2, 0.25) is 0 Å². The third-order valence-corrected chi connectivity index (χ3v) is 2.21. The van der Waals surface area contributed by atoms with Gasteiger partial charge in [0, 0.05) is 12.6 Å². The molecule has 1 aliphatic carbocycles. The Morgan fingerprint density at radius 3 is 2.50 bits per heavy atom. The molecular weight excluding hydrogens is 98.1 g/mol. The molecule has 44 valence electrons. The molecule has 0 amide bonds. The van der Waals surface area contributed by atoms with Crippen LogP contribution in [0, 0.1) is 5.92 Å². The van der Waals surface area contributed by atoms with E-state index in [-0.39, 0.29) is 0 Å². The summed E-state index contributed by atoms with van der Waals surface area (Å²) in [4.78, 5) is 0. The molecule has 0 aromatic rings. The van der Waals surface area contributed by atoms with Gasteiger partial charge in [0.05, 0.1) is 0 Å². The molecule has 0 aromatic carbocycles. The van der Waals surface area contributed by atoms with Crippen molar-refractivity contribution in [3.05, 3.63) is 12.2 Å². The number of nitrogens with one attached hydrogen (secondary N) is 1. The standard InChI is InChI=1S/C7H11N/c1-2-4-7-6(3-1)5-8-7/h1-2,6-8H,3-5H2/t6-,7-/m0/s1. The summed E-state index contributed by atoms with van der Waals surface area (Å²) >= 11 is 0. The smallest absolute Gasteiger partial charge is 0.0145 e. The highest BCUT2D eigenvalue weighted by Gasteiger charge is 2.29. The topological polar surface area (TPSA) is 12.0 Å². The Hall–Kier alpha value is -0.300. The number of hydrogen-bond acceptors (Lipinski definition) is 1. The Labute approximate surface area is 49.8 Å². The molecule has 1 nitrogen and oxygen atoms in total. The third-order valence-electron chi connectivity index (χ3n) is 2.21. The van der Waals surface area contributed by atoms with Crippen molar-refractivity contribution < 1.29 is 0 Å². The van der Waals surface area contributed by atoms with Gasteiger partial charge in [-0.15, -0.1) is 0 Å². The molecule has 8 heavy (non-hydrogen) atoms. The second kappa shape index (κ2) is 1.59. The maximum absolute atomic E-state index is 3.40. The van der Waals surface area contributed by atoms with Gasteiger partial charge < -0.3 is 5.32 Å². The molecule has 0 saturated carbocycles. The normalized spacial score (nSPS) is 43.0. The first-order chi connectivity index (χ1) is 3.97.